The Morgan fingerprint density at radius 1 is 1.05 bits per heavy atom. The molecule has 1 aromatic carbocycles. The number of allylic oxidation sites excluding steroid dienone is 2. The summed E-state index contributed by atoms with van der Waals surface area (Å²) in [6, 6.07) is 2.23. The fourth-order valence-electron chi connectivity index (χ4n) is 3.06. The Morgan fingerprint density at radius 3 is 2.20 bits per heavy atom. The fourth-order valence-corrected chi connectivity index (χ4v) is 3.06. The first-order valence-electron chi connectivity index (χ1n) is 7.36. The lowest BCUT2D eigenvalue weighted by atomic mass is 9.79. The minimum atomic E-state index is -1.37. The maximum atomic E-state index is 13.1. The zero-order valence-electron chi connectivity index (χ0n) is 11.8. The van der Waals surface area contributed by atoms with Gasteiger partial charge in [0.25, 0.3) is 0 Å². The molecular weight excluding hydrogens is 261 g/mol. The van der Waals surface area contributed by atoms with Crippen LogP contribution >= 0.6 is 0 Å². The lowest BCUT2D eigenvalue weighted by Gasteiger charge is -2.26. The minimum absolute atomic E-state index is 0.553. The van der Waals surface area contributed by atoms with Gasteiger partial charge in [0.1, 0.15) is 0 Å². The topological polar surface area (TPSA) is 0 Å². The van der Waals surface area contributed by atoms with Crippen molar-refractivity contribution in [2.24, 2.45) is 11.8 Å². The summed E-state index contributed by atoms with van der Waals surface area (Å²) in [6.07, 6.45) is 10.6. The van der Waals surface area contributed by atoms with Gasteiger partial charge in [0.15, 0.2) is 17.5 Å². The molecule has 0 nitrogen and oxygen atoms in total. The molecule has 0 atom stereocenters. The van der Waals surface area contributed by atoms with Gasteiger partial charge in [-0.3, -0.25) is 0 Å². The molecule has 0 aromatic heterocycles. The van der Waals surface area contributed by atoms with Gasteiger partial charge in [0.2, 0.25) is 0 Å². The van der Waals surface area contributed by atoms with Gasteiger partial charge in [-0.2, -0.15) is 0 Å². The van der Waals surface area contributed by atoms with E-state index in [4.69, 9.17) is 0 Å². The molecular formula is C17H21F3. The van der Waals surface area contributed by atoms with Crippen molar-refractivity contribution < 1.29 is 13.2 Å². The largest absolute Gasteiger partial charge is 0.204 e. The number of hydrogen-bond donors (Lipinski definition) is 0. The molecule has 0 heterocycles. The summed E-state index contributed by atoms with van der Waals surface area (Å²) in [4.78, 5) is 0. The monoisotopic (exact) mass is 282 g/mol. The van der Waals surface area contributed by atoms with Crippen LogP contribution in [-0.2, 0) is 6.42 Å². The lowest BCUT2D eigenvalue weighted by molar-refractivity contribution is 0.296. The van der Waals surface area contributed by atoms with Crippen LogP contribution in [0.25, 0.3) is 0 Å². The summed E-state index contributed by atoms with van der Waals surface area (Å²) in [5, 5.41) is 0. The predicted octanol–water partition coefficient (Wildman–Crippen LogP) is 5.42. The van der Waals surface area contributed by atoms with E-state index in [1.54, 1.807) is 0 Å². The second-order valence-electron chi connectivity index (χ2n) is 5.72. The molecule has 0 aliphatic heterocycles. The summed E-state index contributed by atoms with van der Waals surface area (Å²) in [5.41, 5.74) is 0.553. The second kappa shape index (κ2) is 6.96. The Bertz CT molecular complexity index is 448. The van der Waals surface area contributed by atoms with Gasteiger partial charge in [0.05, 0.1) is 0 Å². The summed E-state index contributed by atoms with van der Waals surface area (Å²) in [7, 11) is 0. The molecule has 1 saturated carbocycles. The Labute approximate surface area is 118 Å². The van der Waals surface area contributed by atoms with E-state index in [1.165, 1.54) is 25.7 Å². The number of hydrogen-bond acceptors (Lipinski definition) is 0. The summed E-state index contributed by atoms with van der Waals surface area (Å²) < 4.78 is 39.1. The third-order valence-corrected chi connectivity index (χ3v) is 4.24. The molecule has 3 heteroatoms. The van der Waals surface area contributed by atoms with Crippen LogP contribution in [-0.4, -0.2) is 0 Å². The van der Waals surface area contributed by atoms with Crippen molar-refractivity contribution in [1.29, 1.82) is 0 Å². The average molecular weight is 282 g/mol. The number of halogens is 3. The van der Waals surface area contributed by atoms with Crippen LogP contribution in [0.1, 0.15) is 44.6 Å². The third kappa shape index (κ3) is 3.87. The van der Waals surface area contributed by atoms with Crippen LogP contribution in [0.4, 0.5) is 13.2 Å². The maximum absolute atomic E-state index is 13.1. The molecule has 2 rings (SSSR count). The molecule has 0 amide bonds. The van der Waals surface area contributed by atoms with Crippen molar-refractivity contribution in [2.45, 2.75) is 45.4 Å². The zero-order chi connectivity index (χ0) is 14.5. The second-order valence-corrected chi connectivity index (χ2v) is 5.72. The number of rotatable bonds is 4. The van der Waals surface area contributed by atoms with Crippen LogP contribution in [0.3, 0.4) is 0 Å². The molecule has 0 saturated heterocycles. The average Bonchev–Trinajstić information content (AvgIpc) is 2.44. The van der Waals surface area contributed by atoms with Crippen molar-refractivity contribution in [3.05, 3.63) is 47.3 Å². The van der Waals surface area contributed by atoms with Crippen LogP contribution in [0.5, 0.6) is 0 Å². The van der Waals surface area contributed by atoms with Crippen molar-refractivity contribution in [3.63, 3.8) is 0 Å². The van der Waals surface area contributed by atoms with Gasteiger partial charge in [-0.25, -0.2) is 13.2 Å². The number of benzene rings is 1. The molecule has 0 N–H and O–H groups in total. The van der Waals surface area contributed by atoms with Gasteiger partial charge < -0.3 is 0 Å². The lowest BCUT2D eigenvalue weighted by Crippen LogP contribution is -2.13. The smallest absolute Gasteiger partial charge is 0.194 e. The molecule has 0 spiro atoms. The molecule has 1 aliphatic rings. The van der Waals surface area contributed by atoms with E-state index in [1.807, 2.05) is 6.92 Å². The van der Waals surface area contributed by atoms with E-state index in [2.05, 4.69) is 12.2 Å². The van der Waals surface area contributed by atoms with Crippen molar-refractivity contribution >= 4 is 0 Å². The fraction of sp³-hybridized carbons (Fsp3) is 0.529. The highest BCUT2D eigenvalue weighted by Crippen LogP contribution is 2.32. The van der Waals surface area contributed by atoms with E-state index >= 15 is 0 Å². The van der Waals surface area contributed by atoms with Crippen LogP contribution in [0.15, 0.2) is 24.3 Å². The van der Waals surface area contributed by atoms with Crippen molar-refractivity contribution in [1.82, 2.24) is 0 Å². The van der Waals surface area contributed by atoms with Crippen molar-refractivity contribution in [2.75, 3.05) is 0 Å². The standard InChI is InChI=1S/C17H21F3/c1-2-3-12-4-6-13(7-5-12)8-9-14-10-15(18)17(20)16(19)11-14/h2-3,10-13H,4-9H2,1H3. The van der Waals surface area contributed by atoms with Gasteiger partial charge in [-0.1, -0.05) is 12.2 Å². The summed E-state index contributed by atoms with van der Waals surface area (Å²) in [6.45, 7) is 2.05. The van der Waals surface area contributed by atoms with Gasteiger partial charge in [0, 0.05) is 0 Å². The molecule has 0 radical (unpaired) electrons. The van der Waals surface area contributed by atoms with Crippen LogP contribution in [0.2, 0.25) is 0 Å². The predicted molar refractivity (Wildman–Crippen MR) is 74.9 cm³/mol. The molecule has 110 valence electrons. The van der Waals surface area contributed by atoms with E-state index in [9.17, 15) is 13.2 Å². The highest BCUT2D eigenvalue weighted by Gasteiger charge is 2.19. The Morgan fingerprint density at radius 2 is 1.65 bits per heavy atom. The van der Waals surface area contributed by atoms with E-state index in [-0.39, 0.29) is 0 Å². The SMILES string of the molecule is CC=CC1CCC(CCc2cc(F)c(F)c(F)c2)CC1. The van der Waals surface area contributed by atoms with E-state index < -0.39 is 17.5 Å². The molecule has 0 unspecified atom stereocenters. The molecule has 1 aliphatic carbocycles. The van der Waals surface area contributed by atoms with Crippen molar-refractivity contribution in [3.8, 4) is 0 Å². The quantitative estimate of drug-likeness (QED) is 0.511. The van der Waals surface area contributed by atoms with Gasteiger partial charge >= 0.3 is 0 Å². The molecule has 0 bridgehead atoms. The Hall–Kier alpha value is -1.25. The maximum Gasteiger partial charge on any atom is 0.194 e. The highest BCUT2D eigenvalue weighted by atomic mass is 19.2. The minimum Gasteiger partial charge on any atom is -0.204 e. The van der Waals surface area contributed by atoms with Gasteiger partial charge in [-0.15, -0.1) is 0 Å². The third-order valence-electron chi connectivity index (χ3n) is 4.24. The molecule has 1 aromatic rings. The summed E-state index contributed by atoms with van der Waals surface area (Å²) >= 11 is 0. The molecule has 1 fully saturated rings. The first kappa shape index (κ1) is 15.1. The van der Waals surface area contributed by atoms with Crippen LogP contribution in [0, 0.1) is 29.3 Å². The first-order chi connectivity index (χ1) is 9.60. The molecule has 20 heavy (non-hydrogen) atoms. The zero-order valence-corrected chi connectivity index (χ0v) is 11.8. The highest BCUT2D eigenvalue weighted by molar-refractivity contribution is 5.19. The Kier molecular flexibility index (Phi) is 5.27. The summed E-state index contributed by atoms with van der Waals surface area (Å²) in [5.74, 6) is -2.24. The number of aryl methyl sites for hydroxylation is 1. The normalized spacial score (nSPS) is 23.4. The van der Waals surface area contributed by atoms with E-state index in [0.717, 1.165) is 18.6 Å². The Balaban J connectivity index is 1.84. The van der Waals surface area contributed by atoms with Gasteiger partial charge in [-0.05, 0) is 75.0 Å². The van der Waals surface area contributed by atoms with Crippen LogP contribution < -0.4 is 0 Å². The van der Waals surface area contributed by atoms with E-state index in [0.29, 0.717) is 23.8 Å². The first-order valence-corrected chi connectivity index (χ1v) is 7.36.